The van der Waals surface area contributed by atoms with Gasteiger partial charge in [0.15, 0.2) is 0 Å². The van der Waals surface area contributed by atoms with Gasteiger partial charge in [-0.1, -0.05) is 44.6 Å². The van der Waals surface area contributed by atoms with Crippen molar-refractivity contribution in [3.05, 3.63) is 61.4 Å². The molecule has 3 N–H and O–H groups in total. The lowest BCUT2D eigenvalue weighted by Crippen LogP contribution is -2.09. The van der Waals surface area contributed by atoms with Gasteiger partial charge in [-0.2, -0.15) is 0 Å². The van der Waals surface area contributed by atoms with Crippen molar-refractivity contribution in [1.82, 2.24) is 5.32 Å². The SMILES string of the molecule is C=C.C=CC(CC)C1=CC=C(N)C=CC1.CCNCC. The van der Waals surface area contributed by atoms with Gasteiger partial charge in [0.25, 0.3) is 0 Å². The number of hydrogen-bond acceptors (Lipinski definition) is 2. The van der Waals surface area contributed by atoms with Crippen LogP contribution >= 0.6 is 0 Å². The lowest BCUT2D eigenvalue weighted by Gasteiger charge is -2.11. The van der Waals surface area contributed by atoms with Crippen molar-refractivity contribution in [2.45, 2.75) is 33.6 Å². The van der Waals surface area contributed by atoms with Crippen LogP contribution in [0.5, 0.6) is 0 Å². The van der Waals surface area contributed by atoms with Gasteiger partial charge in [0, 0.05) is 5.70 Å². The van der Waals surface area contributed by atoms with Crippen molar-refractivity contribution in [1.29, 1.82) is 0 Å². The Morgan fingerprint density at radius 1 is 1.25 bits per heavy atom. The monoisotopic (exact) mass is 276 g/mol. The second kappa shape index (κ2) is 15.5. The molecule has 0 bridgehead atoms. The van der Waals surface area contributed by atoms with Crippen LogP contribution in [-0.2, 0) is 0 Å². The van der Waals surface area contributed by atoms with Crippen LogP contribution in [0.2, 0.25) is 0 Å². The van der Waals surface area contributed by atoms with Crippen LogP contribution in [0.1, 0.15) is 33.6 Å². The molecule has 0 aromatic carbocycles. The summed E-state index contributed by atoms with van der Waals surface area (Å²) in [6, 6.07) is 0. The van der Waals surface area contributed by atoms with Crippen molar-refractivity contribution < 1.29 is 0 Å². The van der Waals surface area contributed by atoms with E-state index in [-0.39, 0.29) is 0 Å². The van der Waals surface area contributed by atoms with Gasteiger partial charge in [-0.05, 0) is 44.0 Å². The Bertz CT molecular complexity index is 322. The molecule has 1 aliphatic rings. The number of nitrogens with two attached hydrogens (primary N) is 1. The Kier molecular flexibility index (Phi) is 16.1. The molecule has 2 nitrogen and oxygen atoms in total. The Labute approximate surface area is 125 Å². The molecular formula is C18H32N2. The maximum Gasteiger partial charge on any atom is 0.0310 e. The Morgan fingerprint density at radius 2 is 1.85 bits per heavy atom. The highest BCUT2D eigenvalue weighted by Gasteiger charge is 2.07. The molecule has 0 amide bonds. The van der Waals surface area contributed by atoms with E-state index < -0.39 is 0 Å². The van der Waals surface area contributed by atoms with E-state index in [2.05, 4.69) is 58.0 Å². The summed E-state index contributed by atoms with van der Waals surface area (Å²) in [6.07, 6.45) is 12.2. The van der Waals surface area contributed by atoms with Gasteiger partial charge in [0.2, 0.25) is 0 Å². The molecule has 0 aromatic rings. The first-order chi connectivity index (χ1) is 9.69. The first-order valence-electron chi connectivity index (χ1n) is 7.35. The van der Waals surface area contributed by atoms with Gasteiger partial charge in [-0.15, -0.1) is 19.7 Å². The highest BCUT2D eigenvalue weighted by atomic mass is 14.8. The summed E-state index contributed by atoms with van der Waals surface area (Å²) in [6.45, 7) is 18.4. The summed E-state index contributed by atoms with van der Waals surface area (Å²) in [7, 11) is 0. The summed E-state index contributed by atoms with van der Waals surface area (Å²) in [5, 5.41) is 3.11. The number of hydrogen-bond donors (Lipinski definition) is 2. The van der Waals surface area contributed by atoms with E-state index in [0.29, 0.717) is 5.92 Å². The minimum absolute atomic E-state index is 0.492. The average molecular weight is 276 g/mol. The average Bonchev–Trinajstić information content (AvgIpc) is 2.69. The predicted octanol–water partition coefficient (Wildman–Crippen LogP) is 4.35. The third-order valence-corrected chi connectivity index (χ3v) is 2.85. The van der Waals surface area contributed by atoms with E-state index in [1.807, 2.05) is 18.2 Å². The molecular weight excluding hydrogens is 244 g/mol. The Morgan fingerprint density at radius 3 is 2.25 bits per heavy atom. The standard InChI is InChI=1S/C12H17N.C4H11N.C2H4/c1-3-10(4-2)11-6-5-7-12(13)9-8-11;1-3-5-4-2;1-2/h3,5,7-10H,1,4,6,13H2,2H3;5H,3-4H2,1-2H3;1-2H2. The van der Waals surface area contributed by atoms with Crippen molar-refractivity contribution in [3.63, 3.8) is 0 Å². The molecule has 1 atom stereocenters. The zero-order valence-corrected chi connectivity index (χ0v) is 13.5. The van der Waals surface area contributed by atoms with Crippen LogP contribution in [0.15, 0.2) is 61.4 Å². The van der Waals surface area contributed by atoms with Crippen molar-refractivity contribution >= 4 is 0 Å². The molecule has 20 heavy (non-hydrogen) atoms. The highest BCUT2D eigenvalue weighted by Crippen LogP contribution is 2.22. The molecule has 0 spiro atoms. The van der Waals surface area contributed by atoms with Gasteiger partial charge in [-0.25, -0.2) is 0 Å². The first kappa shape index (κ1) is 20.8. The van der Waals surface area contributed by atoms with Gasteiger partial charge >= 0.3 is 0 Å². The predicted molar refractivity (Wildman–Crippen MR) is 93.6 cm³/mol. The van der Waals surface area contributed by atoms with Crippen LogP contribution in [0.25, 0.3) is 0 Å². The van der Waals surface area contributed by atoms with Crippen LogP contribution in [0.3, 0.4) is 0 Å². The van der Waals surface area contributed by atoms with Crippen LogP contribution in [0, 0.1) is 5.92 Å². The fraction of sp³-hybridized carbons (Fsp3) is 0.444. The zero-order valence-electron chi connectivity index (χ0n) is 13.5. The van der Waals surface area contributed by atoms with E-state index in [1.54, 1.807) is 0 Å². The molecule has 1 aliphatic carbocycles. The third kappa shape index (κ3) is 10.4. The molecule has 1 unspecified atom stereocenters. The lowest BCUT2D eigenvalue weighted by molar-refractivity contribution is 0.712. The first-order valence-corrected chi connectivity index (χ1v) is 7.35. The summed E-state index contributed by atoms with van der Waals surface area (Å²) < 4.78 is 0. The van der Waals surface area contributed by atoms with E-state index in [4.69, 9.17) is 5.73 Å². The molecule has 0 saturated carbocycles. The van der Waals surface area contributed by atoms with Crippen molar-refractivity contribution in [2.24, 2.45) is 11.7 Å². The number of nitrogens with one attached hydrogen (secondary N) is 1. The van der Waals surface area contributed by atoms with E-state index >= 15 is 0 Å². The van der Waals surface area contributed by atoms with Crippen LogP contribution in [0.4, 0.5) is 0 Å². The molecule has 0 aromatic heterocycles. The summed E-state index contributed by atoms with van der Waals surface area (Å²) in [5.41, 5.74) is 7.91. The Balaban J connectivity index is 0. The molecule has 0 aliphatic heterocycles. The quantitative estimate of drug-likeness (QED) is 0.733. The second-order valence-electron chi connectivity index (χ2n) is 4.22. The van der Waals surface area contributed by atoms with Crippen LogP contribution in [-0.4, -0.2) is 13.1 Å². The maximum absolute atomic E-state index is 5.68. The fourth-order valence-corrected chi connectivity index (χ4v) is 1.76. The molecule has 0 heterocycles. The van der Waals surface area contributed by atoms with Gasteiger partial charge in [0.05, 0.1) is 0 Å². The van der Waals surface area contributed by atoms with Crippen molar-refractivity contribution in [3.8, 4) is 0 Å². The van der Waals surface area contributed by atoms with Gasteiger partial charge in [0.1, 0.15) is 0 Å². The zero-order chi connectivity index (χ0) is 15.8. The normalized spacial score (nSPS) is 14.3. The third-order valence-electron chi connectivity index (χ3n) is 2.85. The summed E-state index contributed by atoms with van der Waals surface area (Å²) >= 11 is 0. The molecule has 114 valence electrons. The van der Waals surface area contributed by atoms with Gasteiger partial charge in [-0.3, -0.25) is 0 Å². The van der Waals surface area contributed by atoms with Crippen LogP contribution < -0.4 is 11.1 Å². The second-order valence-corrected chi connectivity index (χ2v) is 4.22. The minimum atomic E-state index is 0.492. The molecule has 0 saturated heterocycles. The fourth-order valence-electron chi connectivity index (χ4n) is 1.76. The largest absolute Gasteiger partial charge is 0.399 e. The summed E-state index contributed by atoms with van der Waals surface area (Å²) in [4.78, 5) is 0. The molecule has 0 fully saturated rings. The van der Waals surface area contributed by atoms with E-state index in [1.165, 1.54) is 5.57 Å². The molecule has 1 rings (SSSR count). The summed E-state index contributed by atoms with van der Waals surface area (Å²) in [5.74, 6) is 0.492. The van der Waals surface area contributed by atoms with Crippen molar-refractivity contribution in [2.75, 3.05) is 13.1 Å². The number of rotatable bonds is 5. The Hall–Kier alpha value is -1.54. The van der Waals surface area contributed by atoms with Gasteiger partial charge < -0.3 is 11.1 Å². The number of allylic oxidation sites excluding steroid dienone is 6. The molecule has 2 heteroatoms. The maximum atomic E-state index is 5.68. The molecule has 0 radical (unpaired) electrons. The lowest BCUT2D eigenvalue weighted by atomic mass is 9.94. The highest BCUT2D eigenvalue weighted by molar-refractivity contribution is 5.31. The van der Waals surface area contributed by atoms with E-state index in [9.17, 15) is 0 Å². The van der Waals surface area contributed by atoms with E-state index in [0.717, 1.165) is 31.6 Å². The minimum Gasteiger partial charge on any atom is -0.399 e. The smallest absolute Gasteiger partial charge is 0.0310 e. The topological polar surface area (TPSA) is 38.0 Å².